The predicted octanol–water partition coefficient (Wildman–Crippen LogP) is 3.83. The van der Waals surface area contributed by atoms with Crippen molar-refractivity contribution in [2.75, 3.05) is 33.4 Å². The first-order valence-electron chi connectivity index (χ1n) is 14.6. The molecule has 10 nitrogen and oxygen atoms in total. The highest BCUT2D eigenvalue weighted by Gasteiger charge is 2.43. The fourth-order valence-corrected chi connectivity index (χ4v) is 7.30. The van der Waals surface area contributed by atoms with Crippen LogP contribution in [0.4, 0.5) is 4.79 Å². The van der Waals surface area contributed by atoms with E-state index in [0.717, 1.165) is 18.4 Å². The Kier molecular flexibility index (Phi) is 11.2. The molecule has 6 atom stereocenters. The van der Waals surface area contributed by atoms with Crippen molar-refractivity contribution in [3.63, 3.8) is 0 Å². The number of ether oxygens (including phenoxy) is 4. The first kappa shape index (κ1) is 32.2. The molecule has 1 amide bonds. The monoisotopic (exact) mass is 604 g/mol. The summed E-state index contributed by atoms with van der Waals surface area (Å²) in [5.74, 6) is 0.715. The van der Waals surface area contributed by atoms with Gasteiger partial charge in [-0.2, -0.15) is 4.31 Å². The van der Waals surface area contributed by atoms with Gasteiger partial charge in [-0.15, -0.1) is 0 Å². The van der Waals surface area contributed by atoms with Gasteiger partial charge < -0.3 is 29.4 Å². The van der Waals surface area contributed by atoms with Crippen molar-refractivity contribution in [3.8, 4) is 5.75 Å². The second-order valence-electron chi connectivity index (χ2n) is 11.6. The number of sulfonamides is 1. The van der Waals surface area contributed by atoms with Crippen molar-refractivity contribution in [3.05, 3.63) is 60.2 Å². The highest BCUT2D eigenvalue weighted by atomic mass is 32.2. The van der Waals surface area contributed by atoms with Crippen LogP contribution >= 0.6 is 0 Å². The lowest BCUT2D eigenvalue weighted by Gasteiger charge is -2.32. The summed E-state index contributed by atoms with van der Waals surface area (Å²) in [7, 11) is -2.43. The summed E-state index contributed by atoms with van der Waals surface area (Å²) < 4.78 is 51.0. The number of fused-ring (bicyclic) bond motifs is 1. The Morgan fingerprint density at radius 3 is 2.45 bits per heavy atom. The van der Waals surface area contributed by atoms with Gasteiger partial charge in [0.1, 0.15) is 11.9 Å². The van der Waals surface area contributed by atoms with Gasteiger partial charge in [-0.1, -0.05) is 44.2 Å². The topological polar surface area (TPSA) is 124 Å². The van der Waals surface area contributed by atoms with E-state index < -0.39 is 34.4 Å². The van der Waals surface area contributed by atoms with Crippen LogP contribution in [0.25, 0.3) is 0 Å². The molecule has 0 saturated carbocycles. The lowest BCUT2D eigenvalue weighted by atomic mass is 9.86. The number of benzene rings is 2. The first-order chi connectivity index (χ1) is 20.1. The van der Waals surface area contributed by atoms with Crippen LogP contribution < -0.4 is 10.1 Å². The molecular weight excluding hydrogens is 560 g/mol. The van der Waals surface area contributed by atoms with Crippen LogP contribution in [-0.4, -0.2) is 81.9 Å². The average Bonchev–Trinajstić information content (AvgIpc) is 3.41. The predicted molar refractivity (Wildman–Crippen MR) is 158 cm³/mol. The third-order valence-corrected chi connectivity index (χ3v) is 9.78. The molecule has 0 bridgehead atoms. The van der Waals surface area contributed by atoms with Crippen LogP contribution in [0.15, 0.2) is 59.5 Å². The zero-order valence-electron chi connectivity index (χ0n) is 24.8. The molecule has 2 N–H and O–H groups in total. The number of carbonyl (C=O) groups is 1. The van der Waals surface area contributed by atoms with E-state index in [1.807, 2.05) is 51.1 Å². The number of hydrogen-bond acceptors (Lipinski definition) is 8. The van der Waals surface area contributed by atoms with E-state index >= 15 is 0 Å². The number of amides is 1. The molecule has 2 saturated heterocycles. The number of nitrogens with zero attached hydrogens (tertiary/aromatic N) is 1. The molecule has 0 aliphatic carbocycles. The lowest BCUT2D eigenvalue weighted by molar-refractivity contribution is -0.152. The summed E-state index contributed by atoms with van der Waals surface area (Å²) in [5.41, 5.74) is 0.884. The fourth-order valence-electron chi connectivity index (χ4n) is 5.68. The van der Waals surface area contributed by atoms with Gasteiger partial charge in [-0.05, 0) is 61.9 Å². The Hall–Kier alpha value is -2.70. The van der Waals surface area contributed by atoms with E-state index in [1.54, 1.807) is 12.1 Å². The summed E-state index contributed by atoms with van der Waals surface area (Å²) in [5, 5.41) is 14.3. The minimum absolute atomic E-state index is 0.00204. The summed E-state index contributed by atoms with van der Waals surface area (Å²) >= 11 is 0. The zero-order chi connectivity index (χ0) is 30.3. The SMILES string of the molecule is COc1ccc(S(=O)(=O)N(CC(C)C)C[C@@H](O)[C@H](Cc2ccccc2)NC(=O)O[C@H](C)C2CO[C@H]3OCCC[C@@H]23)cc1. The fraction of sp³-hybridized carbons (Fsp3) is 0.581. The number of rotatable bonds is 13. The van der Waals surface area contributed by atoms with Crippen molar-refractivity contribution >= 4 is 16.1 Å². The summed E-state index contributed by atoms with van der Waals surface area (Å²) in [6.07, 6.45) is -0.392. The Morgan fingerprint density at radius 2 is 1.79 bits per heavy atom. The summed E-state index contributed by atoms with van der Waals surface area (Å²) in [4.78, 5) is 13.3. The molecule has 2 heterocycles. The third kappa shape index (κ3) is 8.23. The maximum Gasteiger partial charge on any atom is 0.407 e. The van der Waals surface area contributed by atoms with Crippen LogP contribution in [0.2, 0.25) is 0 Å². The van der Waals surface area contributed by atoms with E-state index in [1.165, 1.54) is 23.5 Å². The van der Waals surface area contributed by atoms with Crippen LogP contribution in [0.5, 0.6) is 5.75 Å². The maximum absolute atomic E-state index is 13.7. The van der Waals surface area contributed by atoms with Crippen LogP contribution in [0, 0.1) is 17.8 Å². The molecule has 0 spiro atoms. The molecule has 2 aromatic rings. The molecule has 2 fully saturated rings. The van der Waals surface area contributed by atoms with Crippen molar-refractivity contribution in [1.29, 1.82) is 0 Å². The molecule has 11 heteroatoms. The second kappa shape index (κ2) is 14.7. The standard InChI is InChI=1S/C31H44N2O8S/c1-21(2)18-33(42(36,37)25-14-12-24(38-4)13-15-25)19-29(34)28(17-23-9-6-5-7-10-23)32-31(35)41-22(3)27-20-40-30-26(27)11-8-16-39-30/h5-7,9-10,12-15,21-22,26-30,34H,8,11,16-20H2,1-4H3,(H,32,35)/t22-,26+,27?,28+,29-,30-/m1/s1. The van der Waals surface area contributed by atoms with E-state index in [0.29, 0.717) is 19.0 Å². The maximum atomic E-state index is 13.7. The number of nitrogens with one attached hydrogen (secondary N) is 1. The number of carbonyl (C=O) groups excluding carboxylic acids is 1. The molecule has 2 aliphatic heterocycles. The minimum atomic E-state index is -3.94. The Labute approximate surface area is 249 Å². The summed E-state index contributed by atoms with van der Waals surface area (Å²) in [6.45, 7) is 6.78. The molecule has 42 heavy (non-hydrogen) atoms. The van der Waals surface area contributed by atoms with E-state index in [2.05, 4.69) is 5.32 Å². The quantitative estimate of drug-likeness (QED) is 0.354. The Bertz CT molecular complexity index is 1240. The summed E-state index contributed by atoms with van der Waals surface area (Å²) in [6, 6.07) is 14.8. The van der Waals surface area contributed by atoms with Gasteiger partial charge in [-0.3, -0.25) is 0 Å². The Morgan fingerprint density at radius 1 is 1.07 bits per heavy atom. The van der Waals surface area contributed by atoms with Gasteiger partial charge in [0, 0.05) is 31.5 Å². The molecule has 2 aromatic carbocycles. The van der Waals surface area contributed by atoms with Crippen LogP contribution in [0.1, 0.15) is 39.2 Å². The van der Waals surface area contributed by atoms with Gasteiger partial charge in [0.15, 0.2) is 6.29 Å². The molecule has 4 rings (SSSR count). The number of methoxy groups -OCH3 is 1. The van der Waals surface area contributed by atoms with Crippen molar-refractivity contribution in [1.82, 2.24) is 9.62 Å². The molecular formula is C31H44N2O8S. The lowest BCUT2D eigenvalue weighted by Crippen LogP contribution is -2.51. The molecule has 232 valence electrons. The minimum Gasteiger partial charge on any atom is -0.497 e. The number of hydrogen-bond donors (Lipinski definition) is 2. The van der Waals surface area contributed by atoms with Crippen LogP contribution in [-0.2, 0) is 30.7 Å². The number of aliphatic hydroxyl groups is 1. The van der Waals surface area contributed by atoms with Crippen molar-refractivity contribution in [2.24, 2.45) is 17.8 Å². The smallest absolute Gasteiger partial charge is 0.407 e. The van der Waals surface area contributed by atoms with Gasteiger partial charge in [0.2, 0.25) is 10.0 Å². The highest BCUT2D eigenvalue weighted by molar-refractivity contribution is 7.89. The van der Waals surface area contributed by atoms with E-state index in [9.17, 15) is 18.3 Å². The van der Waals surface area contributed by atoms with Gasteiger partial charge in [0.25, 0.3) is 0 Å². The zero-order valence-corrected chi connectivity index (χ0v) is 25.7. The average molecular weight is 605 g/mol. The normalized spacial score (nSPS) is 22.8. The van der Waals surface area contributed by atoms with E-state index in [-0.39, 0.29) is 48.4 Å². The van der Waals surface area contributed by atoms with Crippen molar-refractivity contribution < 1.29 is 37.3 Å². The van der Waals surface area contributed by atoms with Crippen LogP contribution in [0.3, 0.4) is 0 Å². The Balaban J connectivity index is 1.49. The second-order valence-corrected chi connectivity index (χ2v) is 13.5. The third-order valence-electron chi connectivity index (χ3n) is 7.94. The first-order valence-corrected chi connectivity index (χ1v) is 16.1. The number of aliphatic hydroxyl groups excluding tert-OH is 1. The molecule has 0 radical (unpaired) electrons. The number of alkyl carbamates (subject to hydrolysis) is 1. The molecule has 2 aliphatic rings. The molecule has 1 unspecified atom stereocenters. The highest BCUT2D eigenvalue weighted by Crippen LogP contribution is 2.37. The van der Waals surface area contributed by atoms with Crippen molar-refractivity contribution in [2.45, 2.75) is 69.5 Å². The largest absolute Gasteiger partial charge is 0.497 e. The van der Waals surface area contributed by atoms with Gasteiger partial charge in [0.05, 0.1) is 30.8 Å². The van der Waals surface area contributed by atoms with Gasteiger partial charge >= 0.3 is 6.09 Å². The molecule has 0 aromatic heterocycles. The van der Waals surface area contributed by atoms with E-state index in [4.69, 9.17) is 18.9 Å². The van der Waals surface area contributed by atoms with Gasteiger partial charge in [-0.25, -0.2) is 13.2 Å².